The number of thioether (sulfide) groups is 1. The maximum Gasteiger partial charge on any atom is 0.343 e. The number of aromatic nitrogens is 3. The number of nitrogens with two attached hydrogens (primary N) is 1. The molecule has 0 radical (unpaired) electrons. The normalized spacial score (nSPS) is 12.7. The first-order chi connectivity index (χ1) is 6.52. The van der Waals surface area contributed by atoms with Gasteiger partial charge in [-0.25, -0.2) is 9.89 Å². The molecule has 0 bridgehead atoms. The molecule has 1 rings (SSSR count). The number of hydrogen-bond acceptors (Lipinski definition) is 5. The number of aromatic amines is 1. The second-order valence-electron chi connectivity index (χ2n) is 2.63. The van der Waals surface area contributed by atoms with E-state index in [0.29, 0.717) is 5.16 Å². The van der Waals surface area contributed by atoms with Gasteiger partial charge in [0.2, 0.25) is 0 Å². The zero-order valence-corrected chi connectivity index (χ0v) is 8.24. The first-order valence-electron chi connectivity index (χ1n) is 3.75. The lowest BCUT2D eigenvalue weighted by Gasteiger charge is -2.03. The third-order valence-electron chi connectivity index (χ3n) is 1.55. The predicted molar refractivity (Wildman–Crippen MR) is 50.2 cm³/mol. The van der Waals surface area contributed by atoms with Gasteiger partial charge >= 0.3 is 11.7 Å². The zero-order chi connectivity index (χ0) is 10.7. The standard InChI is InChI=1S/C6H10N4O3S/c1-10-5(13)8-9-6(10)14-2-3(7)4(11)12/h3H,2,7H2,1H3,(H,8,13)(H,11,12). The van der Waals surface area contributed by atoms with Gasteiger partial charge in [-0.05, 0) is 0 Å². The van der Waals surface area contributed by atoms with E-state index in [-0.39, 0.29) is 11.4 Å². The van der Waals surface area contributed by atoms with Gasteiger partial charge in [-0.1, -0.05) is 11.8 Å². The molecule has 1 aromatic heterocycles. The molecule has 78 valence electrons. The molecular weight excluding hydrogens is 208 g/mol. The van der Waals surface area contributed by atoms with E-state index >= 15 is 0 Å². The molecule has 0 saturated carbocycles. The van der Waals surface area contributed by atoms with Crippen molar-refractivity contribution in [3.8, 4) is 0 Å². The molecule has 1 heterocycles. The van der Waals surface area contributed by atoms with Crippen LogP contribution in [0.5, 0.6) is 0 Å². The molecule has 0 aliphatic rings. The van der Waals surface area contributed by atoms with Gasteiger partial charge in [0.15, 0.2) is 5.16 Å². The average molecular weight is 218 g/mol. The van der Waals surface area contributed by atoms with Crippen molar-refractivity contribution in [2.24, 2.45) is 12.8 Å². The van der Waals surface area contributed by atoms with Crippen molar-refractivity contribution in [1.29, 1.82) is 0 Å². The van der Waals surface area contributed by atoms with E-state index in [1.807, 2.05) is 0 Å². The van der Waals surface area contributed by atoms with Crippen LogP contribution in [0.2, 0.25) is 0 Å². The molecule has 1 atom stereocenters. The highest BCUT2D eigenvalue weighted by molar-refractivity contribution is 7.99. The maximum atomic E-state index is 10.9. The molecular formula is C6H10N4O3S. The molecule has 1 unspecified atom stereocenters. The van der Waals surface area contributed by atoms with E-state index in [9.17, 15) is 9.59 Å². The fraction of sp³-hybridized carbons (Fsp3) is 0.500. The summed E-state index contributed by atoms with van der Waals surface area (Å²) in [6.07, 6.45) is 0. The highest BCUT2D eigenvalue weighted by Crippen LogP contribution is 2.12. The second kappa shape index (κ2) is 4.29. The van der Waals surface area contributed by atoms with Crippen LogP contribution in [-0.2, 0) is 11.8 Å². The summed E-state index contributed by atoms with van der Waals surface area (Å²) in [4.78, 5) is 21.3. The molecule has 0 saturated heterocycles. The summed E-state index contributed by atoms with van der Waals surface area (Å²) in [7, 11) is 1.54. The first kappa shape index (κ1) is 10.8. The molecule has 0 aromatic carbocycles. The van der Waals surface area contributed by atoms with Crippen molar-refractivity contribution in [2.75, 3.05) is 5.75 Å². The number of nitrogens with one attached hydrogen (secondary N) is 1. The van der Waals surface area contributed by atoms with Gasteiger partial charge < -0.3 is 10.8 Å². The average Bonchev–Trinajstić information content (AvgIpc) is 2.44. The van der Waals surface area contributed by atoms with E-state index in [2.05, 4.69) is 10.2 Å². The van der Waals surface area contributed by atoms with Crippen LogP contribution in [-0.4, -0.2) is 37.6 Å². The number of rotatable bonds is 4. The molecule has 14 heavy (non-hydrogen) atoms. The maximum absolute atomic E-state index is 10.9. The van der Waals surface area contributed by atoms with Crippen LogP contribution in [0.3, 0.4) is 0 Å². The van der Waals surface area contributed by atoms with Crippen molar-refractivity contribution in [3.05, 3.63) is 10.5 Å². The van der Waals surface area contributed by atoms with Gasteiger partial charge in [0.1, 0.15) is 6.04 Å². The van der Waals surface area contributed by atoms with E-state index in [4.69, 9.17) is 10.8 Å². The highest BCUT2D eigenvalue weighted by atomic mass is 32.2. The number of aliphatic carboxylic acids is 1. The van der Waals surface area contributed by atoms with Crippen LogP contribution in [0, 0.1) is 0 Å². The van der Waals surface area contributed by atoms with Crippen LogP contribution in [0.4, 0.5) is 0 Å². The molecule has 0 amide bonds. The van der Waals surface area contributed by atoms with Crippen LogP contribution in [0.25, 0.3) is 0 Å². The number of hydrogen-bond donors (Lipinski definition) is 3. The summed E-state index contributed by atoms with van der Waals surface area (Å²) in [6, 6.07) is -0.952. The summed E-state index contributed by atoms with van der Waals surface area (Å²) in [5, 5.41) is 14.8. The molecule has 4 N–H and O–H groups in total. The minimum Gasteiger partial charge on any atom is -0.480 e. The molecule has 1 aromatic rings. The summed E-state index contributed by atoms with van der Waals surface area (Å²) in [6.45, 7) is 0. The lowest BCUT2D eigenvalue weighted by molar-refractivity contribution is -0.137. The van der Waals surface area contributed by atoms with Crippen molar-refractivity contribution in [2.45, 2.75) is 11.2 Å². The van der Waals surface area contributed by atoms with E-state index in [1.54, 1.807) is 7.05 Å². The molecule has 0 aliphatic heterocycles. The lowest BCUT2D eigenvalue weighted by Crippen LogP contribution is -2.32. The fourth-order valence-electron chi connectivity index (χ4n) is 0.697. The van der Waals surface area contributed by atoms with Crippen LogP contribution >= 0.6 is 11.8 Å². The van der Waals surface area contributed by atoms with Gasteiger partial charge in [0.25, 0.3) is 0 Å². The predicted octanol–water partition coefficient (Wildman–Crippen LogP) is -1.39. The Balaban J connectivity index is 2.58. The minimum absolute atomic E-state index is 0.174. The Kier molecular flexibility index (Phi) is 3.31. The Labute approximate surface area is 83.3 Å². The van der Waals surface area contributed by atoms with Gasteiger partial charge in [-0.15, -0.1) is 5.10 Å². The Bertz CT molecular complexity index is 385. The lowest BCUT2D eigenvalue weighted by atomic mass is 10.4. The first-order valence-corrected chi connectivity index (χ1v) is 4.73. The Hall–Kier alpha value is -1.28. The molecule has 0 aliphatic carbocycles. The monoisotopic (exact) mass is 218 g/mol. The zero-order valence-electron chi connectivity index (χ0n) is 7.43. The summed E-state index contributed by atoms with van der Waals surface area (Å²) < 4.78 is 1.29. The van der Waals surface area contributed by atoms with E-state index in [0.717, 1.165) is 11.8 Å². The summed E-state index contributed by atoms with van der Waals surface area (Å²) in [5.41, 5.74) is 4.94. The quantitative estimate of drug-likeness (QED) is 0.536. The SMILES string of the molecule is Cn1c(SCC(N)C(=O)O)n[nH]c1=O. The number of carboxylic acids is 1. The van der Waals surface area contributed by atoms with Crippen LogP contribution < -0.4 is 11.4 Å². The fourth-order valence-corrected chi connectivity index (χ4v) is 1.56. The van der Waals surface area contributed by atoms with Gasteiger partial charge in [0, 0.05) is 12.8 Å². The van der Waals surface area contributed by atoms with Crippen LogP contribution in [0.15, 0.2) is 9.95 Å². The van der Waals surface area contributed by atoms with E-state index in [1.165, 1.54) is 4.57 Å². The smallest absolute Gasteiger partial charge is 0.343 e. The van der Waals surface area contributed by atoms with Crippen molar-refractivity contribution >= 4 is 17.7 Å². The molecule has 0 spiro atoms. The van der Waals surface area contributed by atoms with Crippen molar-refractivity contribution in [1.82, 2.24) is 14.8 Å². The Morgan fingerprint density at radius 3 is 2.93 bits per heavy atom. The topological polar surface area (TPSA) is 114 Å². The van der Waals surface area contributed by atoms with Gasteiger partial charge in [0.05, 0.1) is 0 Å². The Morgan fingerprint density at radius 1 is 1.86 bits per heavy atom. The number of H-pyrrole nitrogens is 1. The summed E-state index contributed by atoms with van der Waals surface area (Å²) in [5.74, 6) is -0.897. The third kappa shape index (κ3) is 2.36. The Morgan fingerprint density at radius 2 is 2.50 bits per heavy atom. The third-order valence-corrected chi connectivity index (χ3v) is 2.70. The van der Waals surface area contributed by atoms with E-state index < -0.39 is 12.0 Å². The van der Waals surface area contributed by atoms with Crippen molar-refractivity contribution < 1.29 is 9.90 Å². The number of carbonyl (C=O) groups is 1. The number of nitrogens with zero attached hydrogens (tertiary/aromatic N) is 2. The largest absolute Gasteiger partial charge is 0.480 e. The van der Waals surface area contributed by atoms with Gasteiger partial charge in [-0.3, -0.25) is 9.36 Å². The second-order valence-corrected chi connectivity index (χ2v) is 3.61. The van der Waals surface area contributed by atoms with Gasteiger partial charge in [-0.2, -0.15) is 0 Å². The molecule has 7 nitrogen and oxygen atoms in total. The minimum atomic E-state index is -1.07. The highest BCUT2D eigenvalue weighted by Gasteiger charge is 2.13. The van der Waals surface area contributed by atoms with Crippen LogP contribution in [0.1, 0.15) is 0 Å². The molecule has 0 fully saturated rings. The molecule has 8 heteroatoms. The summed E-state index contributed by atoms with van der Waals surface area (Å²) >= 11 is 1.12. The number of carboxylic acid groups (broad SMARTS) is 1. The van der Waals surface area contributed by atoms with Crippen molar-refractivity contribution in [3.63, 3.8) is 0 Å².